The van der Waals surface area contributed by atoms with E-state index < -0.39 is 6.10 Å². The van der Waals surface area contributed by atoms with E-state index in [1.807, 2.05) is 13.0 Å². The lowest BCUT2D eigenvalue weighted by Gasteiger charge is -2.17. The van der Waals surface area contributed by atoms with Crippen molar-refractivity contribution < 1.29 is 19.4 Å². The minimum atomic E-state index is -0.602. The molecule has 0 spiro atoms. The number of phenols is 1. The van der Waals surface area contributed by atoms with Gasteiger partial charge in [0.05, 0.1) is 6.61 Å². The molecule has 0 aliphatic rings. The summed E-state index contributed by atoms with van der Waals surface area (Å²) in [5.41, 5.74) is 0.865. The topological polar surface area (TPSA) is 55.8 Å². The van der Waals surface area contributed by atoms with Crippen LogP contribution >= 0.6 is 0 Å². The molecule has 1 atom stereocenters. The summed E-state index contributed by atoms with van der Waals surface area (Å²) in [6.07, 6.45) is 3.75. The van der Waals surface area contributed by atoms with Crippen molar-refractivity contribution in [3.05, 3.63) is 29.8 Å². The molecule has 0 saturated heterocycles. The molecule has 1 aromatic carbocycles. The molecule has 0 aromatic heterocycles. The van der Waals surface area contributed by atoms with E-state index in [2.05, 4.69) is 6.92 Å². The Labute approximate surface area is 127 Å². The van der Waals surface area contributed by atoms with Crippen LogP contribution in [0, 0.1) is 0 Å². The van der Waals surface area contributed by atoms with Gasteiger partial charge in [-0.05, 0) is 30.5 Å². The monoisotopic (exact) mass is 294 g/mol. The van der Waals surface area contributed by atoms with Gasteiger partial charge < -0.3 is 14.6 Å². The summed E-state index contributed by atoms with van der Waals surface area (Å²) in [6.45, 7) is 5.05. The quantitative estimate of drug-likeness (QED) is 0.530. The van der Waals surface area contributed by atoms with Crippen LogP contribution in [0.4, 0.5) is 0 Å². The maximum absolute atomic E-state index is 12.0. The number of esters is 1. The number of benzene rings is 1. The van der Waals surface area contributed by atoms with Crippen LogP contribution in [0.1, 0.15) is 45.1 Å². The summed E-state index contributed by atoms with van der Waals surface area (Å²) in [5.74, 6) is -0.129. The molecule has 0 fully saturated rings. The van der Waals surface area contributed by atoms with Crippen molar-refractivity contribution in [2.24, 2.45) is 0 Å². The van der Waals surface area contributed by atoms with Crippen LogP contribution in [0.3, 0.4) is 0 Å². The van der Waals surface area contributed by atoms with E-state index in [0.717, 1.165) is 31.2 Å². The smallest absolute Gasteiger partial charge is 0.335 e. The number of rotatable bonds is 10. The van der Waals surface area contributed by atoms with Crippen molar-refractivity contribution in [2.75, 3.05) is 13.2 Å². The summed E-state index contributed by atoms with van der Waals surface area (Å²) in [5, 5.41) is 9.50. The second-order valence-electron chi connectivity index (χ2n) is 5.11. The maximum Gasteiger partial charge on any atom is 0.335 e. The minimum absolute atomic E-state index is 0.194. The molecule has 21 heavy (non-hydrogen) atoms. The molecule has 118 valence electrons. The summed E-state index contributed by atoms with van der Waals surface area (Å²) < 4.78 is 10.9. The number of hydrogen-bond donors (Lipinski definition) is 1. The summed E-state index contributed by atoms with van der Waals surface area (Å²) in [6, 6.07) is 6.89. The van der Waals surface area contributed by atoms with Gasteiger partial charge in [-0.2, -0.15) is 0 Å². The van der Waals surface area contributed by atoms with Gasteiger partial charge in [-0.25, -0.2) is 4.79 Å². The number of ether oxygens (including phenoxy) is 2. The Bertz CT molecular complexity index is 417. The first kappa shape index (κ1) is 17.5. The van der Waals surface area contributed by atoms with Crippen molar-refractivity contribution in [3.63, 3.8) is 0 Å². The zero-order chi connectivity index (χ0) is 15.5. The molecule has 0 saturated carbocycles. The summed E-state index contributed by atoms with van der Waals surface area (Å²) >= 11 is 0. The van der Waals surface area contributed by atoms with Gasteiger partial charge >= 0.3 is 5.97 Å². The lowest BCUT2D eigenvalue weighted by atomic mass is 10.1. The average Bonchev–Trinajstić information content (AvgIpc) is 2.48. The number of hydrogen-bond acceptors (Lipinski definition) is 4. The average molecular weight is 294 g/mol. The lowest BCUT2D eigenvalue weighted by Crippen LogP contribution is -2.29. The third-order valence-electron chi connectivity index (χ3n) is 3.11. The van der Waals surface area contributed by atoms with Crippen molar-refractivity contribution in [3.8, 4) is 5.75 Å². The highest BCUT2D eigenvalue weighted by Crippen LogP contribution is 2.15. The van der Waals surface area contributed by atoms with Crippen molar-refractivity contribution in [2.45, 2.75) is 52.1 Å². The van der Waals surface area contributed by atoms with Gasteiger partial charge in [0.1, 0.15) is 5.75 Å². The molecular weight excluding hydrogens is 268 g/mol. The Kier molecular flexibility index (Phi) is 8.51. The first-order chi connectivity index (χ1) is 10.2. The first-order valence-corrected chi connectivity index (χ1v) is 7.73. The molecule has 1 unspecified atom stereocenters. The fraction of sp³-hybridized carbons (Fsp3) is 0.588. The van der Waals surface area contributed by atoms with Gasteiger partial charge in [0.25, 0.3) is 0 Å². The van der Waals surface area contributed by atoms with Gasteiger partial charge in [0, 0.05) is 13.0 Å². The molecule has 0 heterocycles. The van der Waals surface area contributed by atoms with Crippen molar-refractivity contribution in [1.29, 1.82) is 0 Å². The fourth-order valence-corrected chi connectivity index (χ4v) is 1.98. The molecular formula is C17H26O4. The summed E-state index contributed by atoms with van der Waals surface area (Å²) in [4.78, 5) is 12.0. The number of unbranched alkanes of at least 4 members (excludes halogenated alkanes) is 2. The second-order valence-corrected chi connectivity index (χ2v) is 5.11. The zero-order valence-corrected chi connectivity index (χ0v) is 13.0. The highest BCUT2D eigenvalue weighted by atomic mass is 16.6. The third kappa shape index (κ3) is 7.14. The van der Waals surface area contributed by atoms with Crippen LogP contribution in [-0.4, -0.2) is 30.4 Å². The predicted octanol–water partition coefficient (Wildman–Crippen LogP) is 3.46. The Balaban J connectivity index is 2.59. The molecule has 4 nitrogen and oxygen atoms in total. The van der Waals surface area contributed by atoms with Crippen LogP contribution in [-0.2, 0) is 20.7 Å². The molecule has 0 aliphatic carbocycles. The SMILES string of the molecule is CCCCCOC(Cc1cccc(O)c1)C(=O)OCCC. The van der Waals surface area contributed by atoms with Gasteiger partial charge in [0.15, 0.2) is 6.10 Å². The van der Waals surface area contributed by atoms with E-state index >= 15 is 0 Å². The normalized spacial score (nSPS) is 12.1. The Morgan fingerprint density at radius 2 is 2.00 bits per heavy atom. The van der Waals surface area contributed by atoms with Crippen molar-refractivity contribution >= 4 is 5.97 Å². The Morgan fingerprint density at radius 3 is 2.67 bits per heavy atom. The third-order valence-corrected chi connectivity index (χ3v) is 3.11. The van der Waals surface area contributed by atoms with Gasteiger partial charge in [-0.1, -0.05) is 38.8 Å². The van der Waals surface area contributed by atoms with Crippen LogP contribution in [0.2, 0.25) is 0 Å². The van der Waals surface area contributed by atoms with E-state index in [-0.39, 0.29) is 11.7 Å². The molecule has 1 aromatic rings. The largest absolute Gasteiger partial charge is 0.508 e. The Hall–Kier alpha value is -1.55. The Morgan fingerprint density at radius 1 is 1.19 bits per heavy atom. The van der Waals surface area contributed by atoms with Crippen LogP contribution in [0.15, 0.2) is 24.3 Å². The molecule has 0 bridgehead atoms. The maximum atomic E-state index is 12.0. The molecule has 4 heteroatoms. The second kappa shape index (κ2) is 10.2. The number of carbonyl (C=O) groups excluding carboxylic acids is 1. The van der Waals surface area contributed by atoms with Gasteiger partial charge in [0.2, 0.25) is 0 Å². The van der Waals surface area contributed by atoms with E-state index in [1.165, 1.54) is 0 Å². The van der Waals surface area contributed by atoms with Crippen LogP contribution in [0.25, 0.3) is 0 Å². The number of aromatic hydroxyl groups is 1. The van der Waals surface area contributed by atoms with Crippen LogP contribution in [0.5, 0.6) is 5.75 Å². The first-order valence-electron chi connectivity index (χ1n) is 7.73. The lowest BCUT2D eigenvalue weighted by molar-refractivity contribution is -0.157. The number of phenolic OH excluding ortho intramolecular Hbond substituents is 1. The van der Waals surface area contributed by atoms with Crippen LogP contribution < -0.4 is 0 Å². The molecule has 1 N–H and O–H groups in total. The predicted molar refractivity (Wildman–Crippen MR) is 82.3 cm³/mol. The molecule has 0 aliphatic heterocycles. The molecule has 1 rings (SSSR count). The fourth-order valence-electron chi connectivity index (χ4n) is 1.98. The standard InChI is InChI=1S/C17H26O4/c1-3-5-6-11-20-16(17(19)21-10-4-2)13-14-8-7-9-15(18)12-14/h7-9,12,16,18H,3-6,10-11,13H2,1-2H3. The highest BCUT2D eigenvalue weighted by molar-refractivity contribution is 5.75. The van der Waals surface area contributed by atoms with Gasteiger partial charge in [-0.15, -0.1) is 0 Å². The minimum Gasteiger partial charge on any atom is -0.508 e. The number of carbonyl (C=O) groups is 1. The molecule has 0 radical (unpaired) electrons. The van der Waals surface area contributed by atoms with E-state index in [1.54, 1.807) is 18.2 Å². The highest BCUT2D eigenvalue weighted by Gasteiger charge is 2.21. The summed E-state index contributed by atoms with van der Waals surface area (Å²) in [7, 11) is 0. The zero-order valence-electron chi connectivity index (χ0n) is 13.0. The van der Waals surface area contributed by atoms with Crippen molar-refractivity contribution in [1.82, 2.24) is 0 Å². The van der Waals surface area contributed by atoms with E-state index in [0.29, 0.717) is 19.6 Å². The molecule has 0 amide bonds. The van der Waals surface area contributed by atoms with E-state index in [4.69, 9.17) is 9.47 Å². The van der Waals surface area contributed by atoms with Gasteiger partial charge in [-0.3, -0.25) is 0 Å². The van der Waals surface area contributed by atoms with E-state index in [9.17, 15) is 9.90 Å².